The van der Waals surface area contributed by atoms with E-state index in [1.807, 2.05) is 0 Å². The Morgan fingerprint density at radius 1 is 1.11 bits per heavy atom. The minimum absolute atomic E-state index is 0.340. The number of benzene rings is 1. The predicted octanol–water partition coefficient (Wildman–Crippen LogP) is 3.79. The Hall–Kier alpha value is -0.860. The van der Waals surface area contributed by atoms with Crippen LogP contribution in [0.2, 0.25) is 0 Å². The molecule has 0 fully saturated rings. The van der Waals surface area contributed by atoms with Crippen LogP contribution in [0.3, 0.4) is 0 Å². The second-order valence-corrected chi connectivity index (χ2v) is 5.65. The summed E-state index contributed by atoms with van der Waals surface area (Å²) >= 11 is 0. The molecule has 108 valence electrons. The molecule has 1 atom stereocenters. The lowest BCUT2D eigenvalue weighted by Crippen LogP contribution is -2.22. The van der Waals surface area contributed by atoms with Crippen molar-refractivity contribution in [1.82, 2.24) is 5.32 Å². The maximum atomic E-state index is 5.84. The van der Waals surface area contributed by atoms with E-state index in [2.05, 4.69) is 57.3 Å². The highest BCUT2D eigenvalue weighted by Crippen LogP contribution is 2.12. The fourth-order valence-electron chi connectivity index (χ4n) is 1.91. The lowest BCUT2D eigenvalue weighted by molar-refractivity contribution is 0.0504. The fourth-order valence-corrected chi connectivity index (χ4v) is 1.91. The Morgan fingerprint density at radius 3 is 2.42 bits per heavy atom. The minimum atomic E-state index is 0.340. The third kappa shape index (κ3) is 6.74. The molecule has 0 bridgehead atoms. The number of hydrogen-bond acceptors (Lipinski definition) is 2. The average molecular weight is 263 g/mol. The summed E-state index contributed by atoms with van der Waals surface area (Å²) in [5.74, 6) is 0.712. The maximum absolute atomic E-state index is 5.84. The molecule has 0 aliphatic rings. The highest BCUT2D eigenvalue weighted by atomic mass is 16.5. The van der Waals surface area contributed by atoms with Gasteiger partial charge in [-0.25, -0.2) is 0 Å². The van der Waals surface area contributed by atoms with Crippen LogP contribution < -0.4 is 5.32 Å². The van der Waals surface area contributed by atoms with Gasteiger partial charge in [0.15, 0.2) is 0 Å². The quantitative estimate of drug-likeness (QED) is 0.684. The predicted molar refractivity (Wildman–Crippen MR) is 82.4 cm³/mol. The molecule has 0 amide bonds. The van der Waals surface area contributed by atoms with E-state index in [0.29, 0.717) is 12.0 Å². The van der Waals surface area contributed by atoms with Gasteiger partial charge in [-0.15, -0.1) is 0 Å². The minimum Gasteiger partial charge on any atom is -0.374 e. The summed E-state index contributed by atoms with van der Waals surface area (Å²) in [7, 11) is 0. The summed E-state index contributed by atoms with van der Waals surface area (Å²) in [5, 5.41) is 3.50. The first-order chi connectivity index (χ1) is 9.13. The zero-order valence-corrected chi connectivity index (χ0v) is 12.9. The molecule has 1 unspecified atom stereocenters. The summed E-state index contributed by atoms with van der Waals surface area (Å²) in [4.78, 5) is 0. The van der Waals surface area contributed by atoms with Crippen molar-refractivity contribution in [3.63, 3.8) is 0 Å². The highest BCUT2D eigenvalue weighted by molar-refractivity contribution is 5.26. The van der Waals surface area contributed by atoms with Gasteiger partial charge < -0.3 is 10.1 Å². The standard InChI is InChI=1S/C17H29NO/c1-5-15(4)19-13-17-9-7-6-8-16(17)10-11-18-12-14(2)3/h6-9,14-15,18H,5,10-13H2,1-4H3. The molecule has 0 aromatic heterocycles. The zero-order chi connectivity index (χ0) is 14.1. The van der Waals surface area contributed by atoms with Crippen LogP contribution in [0.15, 0.2) is 24.3 Å². The molecule has 1 rings (SSSR count). The number of nitrogens with one attached hydrogen (secondary N) is 1. The van der Waals surface area contributed by atoms with Crippen LogP contribution in [-0.4, -0.2) is 19.2 Å². The van der Waals surface area contributed by atoms with Crippen molar-refractivity contribution in [2.24, 2.45) is 5.92 Å². The van der Waals surface area contributed by atoms with Crippen LogP contribution in [0, 0.1) is 5.92 Å². The molecule has 1 aromatic carbocycles. The van der Waals surface area contributed by atoms with Crippen LogP contribution in [0.5, 0.6) is 0 Å². The molecule has 0 saturated heterocycles. The van der Waals surface area contributed by atoms with E-state index in [4.69, 9.17) is 4.74 Å². The smallest absolute Gasteiger partial charge is 0.0723 e. The second kappa shape index (κ2) is 9.11. The Morgan fingerprint density at radius 2 is 1.79 bits per heavy atom. The third-order valence-corrected chi connectivity index (χ3v) is 3.34. The van der Waals surface area contributed by atoms with Crippen molar-refractivity contribution in [3.05, 3.63) is 35.4 Å². The van der Waals surface area contributed by atoms with E-state index in [1.54, 1.807) is 0 Å². The first-order valence-corrected chi connectivity index (χ1v) is 7.52. The molecule has 0 aliphatic heterocycles. The van der Waals surface area contributed by atoms with Crippen molar-refractivity contribution in [3.8, 4) is 0 Å². The van der Waals surface area contributed by atoms with Crippen LogP contribution in [0.25, 0.3) is 0 Å². The Balaban J connectivity index is 2.43. The van der Waals surface area contributed by atoms with Gasteiger partial charge in [0.05, 0.1) is 12.7 Å². The summed E-state index contributed by atoms with van der Waals surface area (Å²) < 4.78 is 5.84. The van der Waals surface area contributed by atoms with Crippen molar-refractivity contribution in [1.29, 1.82) is 0 Å². The van der Waals surface area contributed by atoms with Crippen molar-refractivity contribution in [2.45, 2.75) is 53.2 Å². The largest absolute Gasteiger partial charge is 0.374 e. The maximum Gasteiger partial charge on any atom is 0.0723 e. The van der Waals surface area contributed by atoms with Crippen LogP contribution in [-0.2, 0) is 17.8 Å². The van der Waals surface area contributed by atoms with Gasteiger partial charge in [0.1, 0.15) is 0 Å². The van der Waals surface area contributed by atoms with Gasteiger partial charge in [0.2, 0.25) is 0 Å². The lowest BCUT2D eigenvalue weighted by Gasteiger charge is -2.14. The number of ether oxygens (including phenoxy) is 1. The third-order valence-electron chi connectivity index (χ3n) is 3.34. The Labute approximate surface area is 118 Å². The average Bonchev–Trinajstić information content (AvgIpc) is 2.41. The van der Waals surface area contributed by atoms with E-state index in [-0.39, 0.29) is 0 Å². The lowest BCUT2D eigenvalue weighted by atomic mass is 10.0. The SMILES string of the molecule is CCC(C)OCc1ccccc1CCNCC(C)C. The normalized spacial score (nSPS) is 12.9. The van der Waals surface area contributed by atoms with E-state index >= 15 is 0 Å². The highest BCUT2D eigenvalue weighted by Gasteiger charge is 2.04. The van der Waals surface area contributed by atoms with Gasteiger partial charge in [-0.1, -0.05) is 45.0 Å². The molecule has 0 aliphatic carbocycles. The van der Waals surface area contributed by atoms with Crippen LogP contribution >= 0.6 is 0 Å². The molecule has 19 heavy (non-hydrogen) atoms. The molecular weight excluding hydrogens is 234 g/mol. The molecule has 1 aromatic rings. The van der Waals surface area contributed by atoms with Crippen molar-refractivity contribution < 1.29 is 4.74 Å². The van der Waals surface area contributed by atoms with E-state index in [1.165, 1.54) is 11.1 Å². The van der Waals surface area contributed by atoms with Gasteiger partial charge in [0, 0.05) is 0 Å². The van der Waals surface area contributed by atoms with Gasteiger partial charge in [-0.3, -0.25) is 0 Å². The summed E-state index contributed by atoms with van der Waals surface area (Å²) in [6, 6.07) is 8.61. The molecule has 2 nitrogen and oxygen atoms in total. The summed E-state index contributed by atoms with van der Waals surface area (Å²) in [6.45, 7) is 11.6. The summed E-state index contributed by atoms with van der Waals surface area (Å²) in [6.07, 6.45) is 2.48. The first-order valence-electron chi connectivity index (χ1n) is 7.52. The topological polar surface area (TPSA) is 21.3 Å². The molecule has 0 heterocycles. The Kier molecular flexibility index (Phi) is 7.76. The van der Waals surface area contributed by atoms with Gasteiger partial charge >= 0.3 is 0 Å². The molecule has 0 radical (unpaired) electrons. The number of hydrogen-bond donors (Lipinski definition) is 1. The van der Waals surface area contributed by atoms with Crippen molar-refractivity contribution in [2.75, 3.05) is 13.1 Å². The molecule has 1 N–H and O–H groups in total. The second-order valence-electron chi connectivity index (χ2n) is 5.65. The molecule has 0 spiro atoms. The number of rotatable bonds is 9. The summed E-state index contributed by atoms with van der Waals surface area (Å²) in [5.41, 5.74) is 2.73. The van der Waals surface area contributed by atoms with E-state index in [9.17, 15) is 0 Å². The van der Waals surface area contributed by atoms with Crippen molar-refractivity contribution >= 4 is 0 Å². The van der Waals surface area contributed by atoms with Crippen LogP contribution in [0.1, 0.15) is 45.2 Å². The molecule has 0 saturated carbocycles. The Bertz CT molecular complexity index is 349. The van der Waals surface area contributed by atoms with Gasteiger partial charge in [-0.05, 0) is 49.9 Å². The monoisotopic (exact) mass is 263 g/mol. The first kappa shape index (κ1) is 16.2. The fraction of sp³-hybridized carbons (Fsp3) is 0.647. The van der Waals surface area contributed by atoms with Gasteiger partial charge in [-0.2, -0.15) is 0 Å². The van der Waals surface area contributed by atoms with Crippen LogP contribution in [0.4, 0.5) is 0 Å². The zero-order valence-electron chi connectivity index (χ0n) is 12.9. The van der Waals surface area contributed by atoms with Gasteiger partial charge in [0.25, 0.3) is 0 Å². The molecular formula is C17H29NO. The van der Waals surface area contributed by atoms with E-state index in [0.717, 1.165) is 32.5 Å². The van der Waals surface area contributed by atoms with E-state index < -0.39 is 0 Å². The molecule has 2 heteroatoms.